The molecule has 2 saturated heterocycles. The first-order chi connectivity index (χ1) is 15.0. The van der Waals surface area contributed by atoms with Gasteiger partial charge in [0.2, 0.25) is 10.0 Å². The molecular formula is C22H32N6O2S. The molecular weight excluding hydrogens is 412 g/mol. The lowest BCUT2D eigenvalue weighted by Gasteiger charge is -2.31. The number of sulfonamides is 1. The lowest BCUT2D eigenvalue weighted by Crippen LogP contribution is -2.47. The van der Waals surface area contributed by atoms with Crippen LogP contribution in [0.4, 0.5) is 11.6 Å². The van der Waals surface area contributed by atoms with Gasteiger partial charge in [0, 0.05) is 58.2 Å². The Morgan fingerprint density at radius 2 is 1.61 bits per heavy atom. The van der Waals surface area contributed by atoms with E-state index >= 15 is 0 Å². The fraction of sp³-hybridized carbons (Fsp3) is 0.545. The summed E-state index contributed by atoms with van der Waals surface area (Å²) in [5.41, 5.74) is 1.06. The van der Waals surface area contributed by atoms with E-state index in [1.165, 1.54) is 36.2 Å². The maximum absolute atomic E-state index is 12.8. The van der Waals surface area contributed by atoms with Crippen molar-refractivity contribution in [1.29, 1.82) is 0 Å². The second-order valence-electron chi connectivity index (χ2n) is 8.37. The number of nitrogens with zero attached hydrogens (tertiary/aromatic N) is 5. The summed E-state index contributed by atoms with van der Waals surface area (Å²) >= 11 is 0. The van der Waals surface area contributed by atoms with Gasteiger partial charge in [-0.1, -0.05) is 18.9 Å². The van der Waals surface area contributed by atoms with Crippen LogP contribution in [-0.4, -0.2) is 73.9 Å². The number of likely N-dealkylation sites (N-methyl/N-ethyl adjacent to an activating group) is 1. The molecule has 0 radical (unpaired) electrons. The summed E-state index contributed by atoms with van der Waals surface area (Å²) in [7, 11) is -1.48. The van der Waals surface area contributed by atoms with E-state index in [0.29, 0.717) is 25.5 Å². The number of hydrogen-bond donors (Lipinski definition) is 1. The first-order valence-corrected chi connectivity index (χ1v) is 12.5. The Morgan fingerprint density at radius 3 is 2.23 bits per heavy atom. The Hall–Kier alpha value is -2.23. The zero-order valence-electron chi connectivity index (χ0n) is 18.2. The van der Waals surface area contributed by atoms with E-state index in [9.17, 15) is 8.42 Å². The summed E-state index contributed by atoms with van der Waals surface area (Å²) < 4.78 is 27.1. The van der Waals surface area contributed by atoms with Crippen LogP contribution in [-0.2, 0) is 16.6 Å². The van der Waals surface area contributed by atoms with Crippen LogP contribution in [0.3, 0.4) is 0 Å². The summed E-state index contributed by atoms with van der Waals surface area (Å²) in [5, 5.41) is 3.25. The van der Waals surface area contributed by atoms with Crippen molar-refractivity contribution in [3.8, 4) is 0 Å². The van der Waals surface area contributed by atoms with Crippen LogP contribution in [0.5, 0.6) is 0 Å². The number of hydrogen-bond acceptors (Lipinski definition) is 7. The molecule has 0 saturated carbocycles. The molecule has 168 valence electrons. The van der Waals surface area contributed by atoms with E-state index < -0.39 is 10.0 Å². The molecule has 2 aromatic heterocycles. The predicted molar refractivity (Wildman–Crippen MR) is 123 cm³/mol. The highest BCUT2D eigenvalue weighted by Gasteiger charge is 2.27. The molecule has 0 aromatic carbocycles. The number of nitrogens with one attached hydrogen (secondary N) is 1. The highest BCUT2D eigenvalue weighted by atomic mass is 32.2. The maximum Gasteiger partial charge on any atom is 0.244 e. The Bertz CT molecular complexity index is 933. The van der Waals surface area contributed by atoms with Crippen molar-refractivity contribution >= 4 is 21.7 Å². The SMILES string of the molecule is CN1CCN(S(=O)(=O)c2ccc(NCc3ccc(N4CCCCCC4)nc3)nc2)CC1. The second-order valence-corrected chi connectivity index (χ2v) is 10.3. The molecule has 0 aliphatic carbocycles. The lowest BCUT2D eigenvalue weighted by atomic mass is 10.2. The summed E-state index contributed by atoms with van der Waals surface area (Å²) in [6.07, 6.45) is 8.42. The smallest absolute Gasteiger partial charge is 0.244 e. The average molecular weight is 445 g/mol. The van der Waals surface area contributed by atoms with Gasteiger partial charge < -0.3 is 15.1 Å². The van der Waals surface area contributed by atoms with E-state index in [-0.39, 0.29) is 4.90 Å². The summed E-state index contributed by atoms with van der Waals surface area (Å²) in [5.74, 6) is 1.69. The minimum absolute atomic E-state index is 0.242. The largest absolute Gasteiger partial charge is 0.366 e. The summed E-state index contributed by atoms with van der Waals surface area (Å²) in [6.45, 7) is 5.27. The van der Waals surface area contributed by atoms with Crippen molar-refractivity contribution < 1.29 is 8.42 Å². The van der Waals surface area contributed by atoms with Crippen LogP contribution >= 0.6 is 0 Å². The molecule has 2 aliphatic heterocycles. The average Bonchev–Trinajstić information content (AvgIpc) is 3.08. The van der Waals surface area contributed by atoms with Crippen LogP contribution < -0.4 is 10.2 Å². The first kappa shape index (κ1) is 22.0. The molecule has 1 N–H and O–H groups in total. The van der Waals surface area contributed by atoms with E-state index in [2.05, 4.69) is 37.2 Å². The highest BCUT2D eigenvalue weighted by molar-refractivity contribution is 7.89. The van der Waals surface area contributed by atoms with Gasteiger partial charge in [-0.15, -0.1) is 0 Å². The Labute approximate surface area is 185 Å². The van der Waals surface area contributed by atoms with Crippen LogP contribution in [0.25, 0.3) is 0 Å². The Balaban J connectivity index is 1.33. The third-order valence-corrected chi connectivity index (χ3v) is 7.93. The zero-order chi connectivity index (χ0) is 21.7. The maximum atomic E-state index is 12.8. The van der Waals surface area contributed by atoms with Gasteiger partial charge in [0.25, 0.3) is 0 Å². The van der Waals surface area contributed by atoms with E-state index in [0.717, 1.165) is 37.6 Å². The van der Waals surface area contributed by atoms with Crippen LogP contribution in [0, 0.1) is 0 Å². The van der Waals surface area contributed by atoms with Crippen molar-refractivity contribution in [2.45, 2.75) is 37.1 Å². The molecule has 4 heterocycles. The van der Waals surface area contributed by atoms with Crippen LogP contribution in [0.1, 0.15) is 31.2 Å². The van der Waals surface area contributed by atoms with Crippen molar-refractivity contribution in [2.75, 3.05) is 56.5 Å². The third kappa shape index (κ3) is 5.53. The number of anilines is 2. The van der Waals surface area contributed by atoms with Gasteiger partial charge in [-0.25, -0.2) is 18.4 Å². The number of rotatable bonds is 6. The van der Waals surface area contributed by atoms with E-state index in [1.807, 2.05) is 13.2 Å². The van der Waals surface area contributed by atoms with Gasteiger partial charge in [0.05, 0.1) is 0 Å². The van der Waals surface area contributed by atoms with Crippen molar-refractivity contribution in [3.63, 3.8) is 0 Å². The molecule has 0 bridgehead atoms. The number of piperazine rings is 1. The molecule has 0 atom stereocenters. The van der Waals surface area contributed by atoms with Gasteiger partial charge in [-0.2, -0.15) is 4.31 Å². The molecule has 2 aliphatic rings. The standard InChI is InChI=1S/C22H32N6O2S/c1-26-12-14-28(15-13-26)31(29,30)20-7-8-21(24-18-20)23-16-19-6-9-22(25-17-19)27-10-4-2-3-5-11-27/h6-9,17-18H,2-5,10-16H2,1H3,(H,23,24). The Kier molecular flexibility index (Phi) is 7.04. The van der Waals surface area contributed by atoms with E-state index in [4.69, 9.17) is 0 Å². The van der Waals surface area contributed by atoms with Crippen molar-refractivity contribution in [2.24, 2.45) is 0 Å². The fourth-order valence-electron chi connectivity index (χ4n) is 4.02. The Morgan fingerprint density at radius 1 is 0.871 bits per heavy atom. The lowest BCUT2D eigenvalue weighted by molar-refractivity contribution is 0.222. The molecule has 2 aromatic rings. The number of pyridine rings is 2. The predicted octanol–water partition coefficient (Wildman–Crippen LogP) is 2.41. The molecule has 9 heteroatoms. The zero-order valence-corrected chi connectivity index (χ0v) is 19.0. The topological polar surface area (TPSA) is 81.7 Å². The fourth-order valence-corrected chi connectivity index (χ4v) is 5.38. The third-order valence-electron chi connectivity index (χ3n) is 6.05. The van der Waals surface area contributed by atoms with Crippen molar-refractivity contribution in [3.05, 3.63) is 42.2 Å². The molecule has 2 fully saturated rings. The van der Waals surface area contributed by atoms with E-state index in [1.54, 1.807) is 12.1 Å². The molecule has 0 amide bonds. The van der Waals surface area contributed by atoms with Gasteiger partial charge in [-0.05, 0) is 43.7 Å². The van der Waals surface area contributed by atoms with Crippen LogP contribution in [0.2, 0.25) is 0 Å². The molecule has 0 unspecified atom stereocenters. The highest BCUT2D eigenvalue weighted by Crippen LogP contribution is 2.19. The molecule has 4 rings (SSSR count). The molecule has 8 nitrogen and oxygen atoms in total. The van der Waals surface area contributed by atoms with Gasteiger partial charge >= 0.3 is 0 Å². The quantitative estimate of drug-likeness (QED) is 0.733. The minimum atomic E-state index is -3.49. The van der Waals surface area contributed by atoms with Crippen molar-refractivity contribution in [1.82, 2.24) is 19.2 Å². The van der Waals surface area contributed by atoms with Gasteiger partial charge in [0.1, 0.15) is 16.5 Å². The monoisotopic (exact) mass is 444 g/mol. The summed E-state index contributed by atoms with van der Waals surface area (Å²) in [4.78, 5) is 13.7. The second kappa shape index (κ2) is 9.93. The molecule has 0 spiro atoms. The summed E-state index contributed by atoms with van der Waals surface area (Å²) in [6, 6.07) is 7.53. The minimum Gasteiger partial charge on any atom is -0.366 e. The van der Waals surface area contributed by atoms with Crippen LogP contribution in [0.15, 0.2) is 41.6 Å². The van der Waals surface area contributed by atoms with Gasteiger partial charge in [-0.3, -0.25) is 0 Å². The van der Waals surface area contributed by atoms with Gasteiger partial charge in [0.15, 0.2) is 0 Å². The number of aromatic nitrogens is 2. The first-order valence-electron chi connectivity index (χ1n) is 11.1. The molecule has 31 heavy (non-hydrogen) atoms. The normalized spacial score (nSPS) is 19.2.